The minimum Gasteiger partial charge on any atom is -0.481 e. The van der Waals surface area contributed by atoms with Crippen LogP contribution in [0.25, 0.3) is 0 Å². The molecule has 0 bridgehead atoms. The van der Waals surface area contributed by atoms with Crippen LogP contribution in [0.5, 0.6) is 0 Å². The van der Waals surface area contributed by atoms with Gasteiger partial charge in [-0.05, 0) is 73.7 Å². The third-order valence-corrected chi connectivity index (χ3v) is 7.46. The van der Waals surface area contributed by atoms with E-state index in [1.165, 1.54) is 0 Å². The van der Waals surface area contributed by atoms with Crippen molar-refractivity contribution in [2.45, 2.75) is 51.5 Å². The Bertz CT molecular complexity index is 1250. The molecule has 36 heavy (non-hydrogen) atoms. The summed E-state index contributed by atoms with van der Waals surface area (Å²) in [6.45, 7) is 4.21. The maximum Gasteiger partial charge on any atom is 0.304 e. The lowest BCUT2D eigenvalue weighted by Crippen LogP contribution is -2.52. The van der Waals surface area contributed by atoms with Crippen molar-refractivity contribution in [1.82, 2.24) is 9.88 Å². The number of hydrogen-bond acceptors (Lipinski definition) is 3. The number of halogens is 2. The summed E-state index contributed by atoms with van der Waals surface area (Å²) < 4.78 is 0. The van der Waals surface area contributed by atoms with E-state index in [-0.39, 0.29) is 24.3 Å². The number of hydrogen-bond donors (Lipinski definition) is 1. The fourth-order valence-corrected chi connectivity index (χ4v) is 5.70. The number of benzene rings is 2. The smallest absolute Gasteiger partial charge is 0.304 e. The first-order valence-electron chi connectivity index (χ1n) is 12.1. The second-order valence-corrected chi connectivity index (χ2v) is 10.7. The van der Waals surface area contributed by atoms with Crippen molar-refractivity contribution in [3.05, 3.63) is 99.3 Å². The highest BCUT2D eigenvalue weighted by molar-refractivity contribution is 6.30. The largest absolute Gasteiger partial charge is 0.481 e. The minimum atomic E-state index is -1.04. The molecule has 1 fully saturated rings. The molecule has 3 aromatic rings. The number of likely N-dealkylation sites (tertiary alicyclic amines) is 1. The number of aromatic nitrogens is 1. The van der Waals surface area contributed by atoms with Gasteiger partial charge in [0, 0.05) is 33.9 Å². The molecule has 188 valence electrons. The van der Waals surface area contributed by atoms with Gasteiger partial charge >= 0.3 is 5.97 Å². The summed E-state index contributed by atoms with van der Waals surface area (Å²) in [5, 5.41) is 10.9. The first kappa shape index (κ1) is 26.2. The van der Waals surface area contributed by atoms with E-state index in [1.54, 1.807) is 6.92 Å². The number of carboxylic acids is 1. The molecule has 1 saturated heterocycles. The van der Waals surface area contributed by atoms with Gasteiger partial charge in [0.15, 0.2) is 0 Å². The summed E-state index contributed by atoms with van der Waals surface area (Å²) in [6.07, 6.45) is 1.60. The van der Waals surface area contributed by atoms with Crippen LogP contribution >= 0.6 is 23.2 Å². The standard InChI is InChI=1S/C29H30Cl2N2O3/c1-19-6-3-9-24(32-19)10-5-15-33-27(20-11-13-22(30)14-12-20)25(21-7-4-8-23(31)16-21)17-29(2,28(33)36)18-26(34)35/h3-4,6-9,11-14,16,25,27H,5,10,15,17-18H2,1-2H3,(H,34,35)/t25-,27-,29-/m1/s1. The van der Waals surface area contributed by atoms with Crippen LogP contribution in [-0.2, 0) is 16.0 Å². The molecule has 1 aliphatic rings. The number of nitrogens with zero attached hydrogens (tertiary/aromatic N) is 2. The number of amides is 1. The summed E-state index contributed by atoms with van der Waals surface area (Å²) >= 11 is 12.6. The Morgan fingerprint density at radius 3 is 2.44 bits per heavy atom. The summed E-state index contributed by atoms with van der Waals surface area (Å²) in [4.78, 5) is 32.3. The van der Waals surface area contributed by atoms with E-state index < -0.39 is 11.4 Å². The van der Waals surface area contributed by atoms with Gasteiger partial charge in [-0.3, -0.25) is 14.6 Å². The maximum absolute atomic E-state index is 14.0. The topological polar surface area (TPSA) is 70.5 Å². The Labute approximate surface area is 222 Å². The van der Waals surface area contributed by atoms with Crippen molar-refractivity contribution in [1.29, 1.82) is 0 Å². The molecule has 2 aromatic carbocycles. The Hall–Kier alpha value is -2.89. The molecule has 0 unspecified atom stereocenters. The van der Waals surface area contributed by atoms with Gasteiger partial charge < -0.3 is 10.0 Å². The summed E-state index contributed by atoms with van der Waals surface area (Å²) in [7, 11) is 0. The maximum atomic E-state index is 14.0. The molecule has 1 aliphatic heterocycles. The number of carbonyl (C=O) groups excluding carboxylic acids is 1. The first-order chi connectivity index (χ1) is 17.2. The molecule has 1 amide bonds. The lowest BCUT2D eigenvalue weighted by Gasteiger charge is -2.49. The molecular formula is C29H30Cl2N2O3. The van der Waals surface area contributed by atoms with Crippen LogP contribution in [0.3, 0.4) is 0 Å². The zero-order valence-corrected chi connectivity index (χ0v) is 22.0. The number of aryl methyl sites for hydroxylation is 2. The van der Waals surface area contributed by atoms with Gasteiger partial charge in [-0.2, -0.15) is 0 Å². The quantitative estimate of drug-likeness (QED) is 0.349. The van der Waals surface area contributed by atoms with Crippen LogP contribution < -0.4 is 0 Å². The van der Waals surface area contributed by atoms with Gasteiger partial charge in [0.25, 0.3) is 0 Å². The number of piperidine rings is 1. The van der Waals surface area contributed by atoms with Gasteiger partial charge in [-0.25, -0.2) is 0 Å². The SMILES string of the molecule is Cc1cccc(CCCN2C(=O)[C@@](C)(CC(=O)O)C[C@H](c3cccc(Cl)c3)[C@H]2c2ccc(Cl)cc2)n1. The first-order valence-corrected chi connectivity index (χ1v) is 12.9. The second-order valence-electron chi connectivity index (χ2n) is 9.87. The zero-order valence-electron chi connectivity index (χ0n) is 20.5. The molecule has 7 heteroatoms. The van der Waals surface area contributed by atoms with Crippen LogP contribution in [-0.4, -0.2) is 33.4 Å². The van der Waals surface area contributed by atoms with Crippen molar-refractivity contribution < 1.29 is 14.7 Å². The van der Waals surface area contributed by atoms with E-state index in [4.69, 9.17) is 23.2 Å². The molecule has 0 spiro atoms. The molecule has 1 N–H and O–H groups in total. The summed E-state index contributed by atoms with van der Waals surface area (Å²) in [5.74, 6) is -1.26. The van der Waals surface area contributed by atoms with E-state index in [0.717, 1.165) is 28.9 Å². The van der Waals surface area contributed by atoms with Gasteiger partial charge in [0.1, 0.15) is 0 Å². The highest BCUT2D eigenvalue weighted by Crippen LogP contribution is 2.51. The predicted molar refractivity (Wildman–Crippen MR) is 142 cm³/mol. The van der Waals surface area contributed by atoms with Gasteiger partial charge in [-0.15, -0.1) is 0 Å². The zero-order chi connectivity index (χ0) is 25.9. The Morgan fingerprint density at radius 2 is 1.78 bits per heavy atom. The van der Waals surface area contributed by atoms with Crippen molar-refractivity contribution >= 4 is 35.1 Å². The molecule has 0 saturated carbocycles. The second kappa shape index (κ2) is 11.0. The number of carbonyl (C=O) groups is 2. The molecule has 3 atom stereocenters. The Kier molecular flexibility index (Phi) is 8.01. The van der Waals surface area contributed by atoms with E-state index in [9.17, 15) is 14.7 Å². The van der Waals surface area contributed by atoms with Crippen LogP contribution in [0, 0.1) is 12.3 Å². The molecule has 0 radical (unpaired) electrons. The fraction of sp³-hybridized carbons (Fsp3) is 0.345. The highest BCUT2D eigenvalue weighted by Gasteiger charge is 2.50. The van der Waals surface area contributed by atoms with Crippen molar-refractivity contribution in [2.24, 2.45) is 5.41 Å². The van der Waals surface area contributed by atoms with Crippen LogP contribution in [0.15, 0.2) is 66.7 Å². The molecule has 4 rings (SSSR count). The fourth-order valence-electron chi connectivity index (χ4n) is 5.38. The molecule has 1 aromatic heterocycles. The Morgan fingerprint density at radius 1 is 1.06 bits per heavy atom. The Balaban J connectivity index is 1.74. The molecule has 2 heterocycles. The van der Waals surface area contributed by atoms with Gasteiger partial charge in [0.05, 0.1) is 17.9 Å². The summed E-state index contributed by atoms with van der Waals surface area (Å²) in [5.41, 5.74) is 2.84. The van der Waals surface area contributed by atoms with Gasteiger partial charge in [-0.1, -0.05) is 60.5 Å². The lowest BCUT2D eigenvalue weighted by atomic mass is 9.67. The van der Waals surface area contributed by atoms with Crippen molar-refractivity contribution in [2.75, 3.05) is 6.54 Å². The van der Waals surface area contributed by atoms with E-state index in [0.29, 0.717) is 29.4 Å². The lowest BCUT2D eigenvalue weighted by molar-refractivity contribution is -0.157. The van der Waals surface area contributed by atoms with Crippen LogP contribution in [0.4, 0.5) is 0 Å². The van der Waals surface area contributed by atoms with Crippen LogP contribution in [0.1, 0.15) is 60.7 Å². The number of rotatable bonds is 8. The highest BCUT2D eigenvalue weighted by atomic mass is 35.5. The average Bonchev–Trinajstić information content (AvgIpc) is 2.82. The minimum absolute atomic E-state index is 0.135. The monoisotopic (exact) mass is 524 g/mol. The average molecular weight is 525 g/mol. The molecule has 0 aliphatic carbocycles. The van der Waals surface area contributed by atoms with Crippen LogP contribution in [0.2, 0.25) is 10.0 Å². The normalized spacial score (nSPS) is 22.0. The predicted octanol–water partition coefficient (Wildman–Crippen LogP) is 6.87. The third kappa shape index (κ3) is 5.91. The third-order valence-electron chi connectivity index (χ3n) is 6.97. The van der Waals surface area contributed by atoms with Gasteiger partial charge in [0.2, 0.25) is 5.91 Å². The molecular weight excluding hydrogens is 495 g/mol. The van der Waals surface area contributed by atoms with Crippen molar-refractivity contribution in [3.8, 4) is 0 Å². The number of carboxylic acid groups (broad SMARTS) is 1. The summed E-state index contributed by atoms with van der Waals surface area (Å²) in [6, 6.07) is 20.9. The van der Waals surface area contributed by atoms with E-state index in [2.05, 4.69) is 4.98 Å². The number of pyridine rings is 1. The molecule has 5 nitrogen and oxygen atoms in total. The van der Waals surface area contributed by atoms with E-state index >= 15 is 0 Å². The number of aliphatic carboxylic acids is 1. The van der Waals surface area contributed by atoms with Crippen molar-refractivity contribution in [3.63, 3.8) is 0 Å². The van der Waals surface area contributed by atoms with E-state index in [1.807, 2.05) is 78.6 Å².